The highest BCUT2D eigenvalue weighted by molar-refractivity contribution is 5.89. The minimum atomic E-state index is 1.02. The van der Waals surface area contributed by atoms with Crippen molar-refractivity contribution in [3.63, 3.8) is 0 Å². The first kappa shape index (κ1) is 14.7. The van der Waals surface area contributed by atoms with Gasteiger partial charge in [-0.15, -0.1) is 0 Å². The fourth-order valence-electron chi connectivity index (χ4n) is 4.08. The third kappa shape index (κ3) is 2.27. The van der Waals surface area contributed by atoms with E-state index in [-0.39, 0.29) is 0 Å². The van der Waals surface area contributed by atoms with Crippen LogP contribution in [0.5, 0.6) is 0 Å². The summed E-state index contributed by atoms with van der Waals surface area (Å²) in [5, 5.41) is 2.57. The highest BCUT2D eigenvalue weighted by atomic mass is 15.1. The standard InChI is InChI=1S/C22H21N3/c1-15-7-8-21-18(11-15)19-14-24(2)10-9-22(19)25(21)17-12-16-5-3-4-6-20(16)23-13-17/h3-8,11-13H,9-10,14H2,1-2H3. The SMILES string of the molecule is Cc1ccc2c(c1)c1c(n2-c2cnc3ccccc3c2)CCN(C)C1. The van der Waals surface area contributed by atoms with Crippen molar-refractivity contribution in [1.82, 2.24) is 14.5 Å². The minimum absolute atomic E-state index is 1.02. The molecule has 5 rings (SSSR count). The third-order valence-electron chi connectivity index (χ3n) is 5.33. The van der Waals surface area contributed by atoms with Gasteiger partial charge in [0, 0.05) is 36.0 Å². The van der Waals surface area contributed by atoms with Gasteiger partial charge in [-0.05, 0) is 43.8 Å². The first-order valence-corrected chi connectivity index (χ1v) is 8.87. The van der Waals surface area contributed by atoms with Crippen LogP contribution in [0.4, 0.5) is 0 Å². The molecular weight excluding hydrogens is 306 g/mol. The summed E-state index contributed by atoms with van der Waals surface area (Å²) < 4.78 is 2.43. The molecule has 25 heavy (non-hydrogen) atoms. The molecule has 0 spiro atoms. The van der Waals surface area contributed by atoms with E-state index < -0.39 is 0 Å². The van der Waals surface area contributed by atoms with Crippen LogP contribution in [0.1, 0.15) is 16.8 Å². The largest absolute Gasteiger partial charge is 0.312 e. The number of rotatable bonds is 1. The molecule has 1 aliphatic rings. The van der Waals surface area contributed by atoms with E-state index in [1.165, 1.54) is 38.8 Å². The highest BCUT2D eigenvalue weighted by Crippen LogP contribution is 2.34. The number of pyridine rings is 1. The summed E-state index contributed by atoms with van der Waals surface area (Å²) >= 11 is 0. The molecule has 3 nitrogen and oxygen atoms in total. The zero-order valence-electron chi connectivity index (χ0n) is 14.7. The van der Waals surface area contributed by atoms with Gasteiger partial charge in [0.05, 0.1) is 22.9 Å². The number of fused-ring (bicyclic) bond motifs is 4. The number of aromatic nitrogens is 2. The van der Waals surface area contributed by atoms with E-state index in [1.54, 1.807) is 0 Å². The van der Waals surface area contributed by atoms with Crippen LogP contribution in [0.15, 0.2) is 54.7 Å². The van der Waals surface area contributed by atoms with E-state index in [1.807, 2.05) is 12.3 Å². The Kier molecular flexibility index (Phi) is 3.19. The van der Waals surface area contributed by atoms with Crippen molar-refractivity contribution >= 4 is 21.8 Å². The van der Waals surface area contributed by atoms with Crippen molar-refractivity contribution in [3.8, 4) is 5.69 Å². The summed E-state index contributed by atoms with van der Waals surface area (Å²) in [5.41, 5.74) is 7.74. The molecule has 0 unspecified atom stereocenters. The number of likely N-dealkylation sites (N-methyl/N-ethyl adjacent to an activating group) is 1. The van der Waals surface area contributed by atoms with Crippen molar-refractivity contribution in [2.45, 2.75) is 19.9 Å². The topological polar surface area (TPSA) is 21.1 Å². The first-order valence-electron chi connectivity index (χ1n) is 8.87. The van der Waals surface area contributed by atoms with Crippen molar-refractivity contribution in [3.05, 3.63) is 71.5 Å². The molecule has 0 radical (unpaired) electrons. The molecule has 124 valence electrons. The Hall–Kier alpha value is -2.65. The van der Waals surface area contributed by atoms with E-state index in [9.17, 15) is 0 Å². The fraction of sp³-hybridized carbons (Fsp3) is 0.227. The molecule has 0 N–H and O–H groups in total. The molecule has 0 bridgehead atoms. The summed E-state index contributed by atoms with van der Waals surface area (Å²) in [7, 11) is 2.21. The summed E-state index contributed by atoms with van der Waals surface area (Å²) in [6, 6.07) is 17.4. The maximum absolute atomic E-state index is 4.69. The van der Waals surface area contributed by atoms with Gasteiger partial charge in [-0.1, -0.05) is 29.8 Å². The van der Waals surface area contributed by atoms with E-state index in [0.717, 1.165) is 25.0 Å². The summed E-state index contributed by atoms with van der Waals surface area (Å²) in [6.07, 6.45) is 3.09. The van der Waals surface area contributed by atoms with Gasteiger partial charge in [0.25, 0.3) is 0 Å². The average Bonchev–Trinajstić information content (AvgIpc) is 2.94. The predicted molar refractivity (Wildman–Crippen MR) is 103 cm³/mol. The molecule has 0 atom stereocenters. The monoisotopic (exact) mass is 327 g/mol. The number of aryl methyl sites for hydroxylation is 1. The van der Waals surface area contributed by atoms with Gasteiger partial charge in [-0.25, -0.2) is 0 Å². The third-order valence-corrected chi connectivity index (χ3v) is 5.33. The lowest BCUT2D eigenvalue weighted by molar-refractivity contribution is 0.311. The van der Waals surface area contributed by atoms with Crippen LogP contribution in [0.2, 0.25) is 0 Å². The maximum atomic E-state index is 4.69. The molecule has 3 heteroatoms. The van der Waals surface area contributed by atoms with Crippen LogP contribution in [0.3, 0.4) is 0 Å². The molecule has 0 saturated carbocycles. The van der Waals surface area contributed by atoms with Crippen LogP contribution in [-0.4, -0.2) is 28.0 Å². The Balaban J connectivity index is 1.82. The molecule has 0 saturated heterocycles. The number of para-hydroxylation sites is 1. The van der Waals surface area contributed by atoms with Crippen LogP contribution >= 0.6 is 0 Å². The van der Waals surface area contributed by atoms with Crippen LogP contribution in [0.25, 0.3) is 27.5 Å². The number of hydrogen-bond donors (Lipinski definition) is 0. The lowest BCUT2D eigenvalue weighted by atomic mass is 10.0. The second-order valence-corrected chi connectivity index (χ2v) is 7.16. The Morgan fingerprint density at radius 2 is 1.92 bits per heavy atom. The lowest BCUT2D eigenvalue weighted by Crippen LogP contribution is -2.27. The molecule has 2 aromatic heterocycles. The summed E-state index contributed by atoms with van der Waals surface area (Å²) in [6.45, 7) is 4.29. The van der Waals surface area contributed by atoms with E-state index in [2.05, 4.69) is 65.9 Å². The Labute approximate surface area is 147 Å². The van der Waals surface area contributed by atoms with Crippen molar-refractivity contribution in [2.75, 3.05) is 13.6 Å². The molecule has 3 heterocycles. The molecule has 1 aliphatic heterocycles. The Bertz CT molecular complexity index is 1110. The summed E-state index contributed by atoms with van der Waals surface area (Å²) in [5.74, 6) is 0. The molecule has 0 aliphatic carbocycles. The van der Waals surface area contributed by atoms with Crippen molar-refractivity contribution in [1.29, 1.82) is 0 Å². The Morgan fingerprint density at radius 3 is 2.84 bits per heavy atom. The van der Waals surface area contributed by atoms with Gasteiger partial charge in [0.15, 0.2) is 0 Å². The van der Waals surface area contributed by atoms with Gasteiger partial charge < -0.3 is 9.47 Å². The second-order valence-electron chi connectivity index (χ2n) is 7.16. The lowest BCUT2D eigenvalue weighted by Gasteiger charge is -2.24. The molecule has 2 aromatic carbocycles. The smallest absolute Gasteiger partial charge is 0.0703 e. The number of hydrogen-bond acceptors (Lipinski definition) is 2. The predicted octanol–water partition coefficient (Wildman–Crippen LogP) is 4.48. The van der Waals surface area contributed by atoms with E-state index in [0.29, 0.717) is 0 Å². The quantitative estimate of drug-likeness (QED) is 0.514. The molecule has 0 fully saturated rings. The Morgan fingerprint density at radius 1 is 1.04 bits per heavy atom. The van der Waals surface area contributed by atoms with Gasteiger partial charge in [-0.3, -0.25) is 4.98 Å². The van der Waals surface area contributed by atoms with Gasteiger partial charge in [-0.2, -0.15) is 0 Å². The van der Waals surface area contributed by atoms with Gasteiger partial charge in [0.1, 0.15) is 0 Å². The van der Waals surface area contributed by atoms with Crippen molar-refractivity contribution < 1.29 is 0 Å². The maximum Gasteiger partial charge on any atom is 0.0703 e. The fourth-order valence-corrected chi connectivity index (χ4v) is 4.08. The van der Waals surface area contributed by atoms with Crippen LogP contribution < -0.4 is 0 Å². The minimum Gasteiger partial charge on any atom is -0.312 e. The zero-order valence-corrected chi connectivity index (χ0v) is 14.7. The average molecular weight is 327 g/mol. The van der Waals surface area contributed by atoms with Gasteiger partial charge in [0.2, 0.25) is 0 Å². The zero-order chi connectivity index (χ0) is 17.0. The first-order chi connectivity index (χ1) is 12.2. The molecule has 4 aromatic rings. The molecular formula is C22H21N3. The van der Waals surface area contributed by atoms with Gasteiger partial charge >= 0.3 is 0 Å². The normalized spacial score (nSPS) is 15.0. The van der Waals surface area contributed by atoms with E-state index in [4.69, 9.17) is 4.98 Å². The highest BCUT2D eigenvalue weighted by Gasteiger charge is 2.23. The van der Waals surface area contributed by atoms with Crippen molar-refractivity contribution in [2.24, 2.45) is 0 Å². The number of benzene rings is 2. The molecule has 0 amide bonds. The summed E-state index contributed by atoms with van der Waals surface area (Å²) in [4.78, 5) is 7.10. The van der Waals surface area contributed by atoms with E-state index >= 15 is 0 Å². The number of nitrogens with zero attached hydrogens (tertiary/aromatic N) is 3. The second kappa shape index (κ2) is 5.43. The van der Waals surface area contributed by atoms with Crippen LogP contribution in [0, 0.1) is 6.92 Å². The van der Waals surface area contributed by atoms with Crippen LogP contribution in [-0.2, 0) is 13.0 Å².